The summed E-state index contributed by atoms with van der Waals surface area (Å²) < 4.78 is 0. The van der Waals surface area contributed by atoms with E-state index in [1.807, 2.05) is 44.2 Å². The summed E-state index contributed by atoms with van der Waals surface area (Å²) in [5.74, 6) is -0.0387. The predicted molar refractivity (Wildman–Crippen MR) is 78.0 cm³/mol. The quantitative estimate of drug-likeness (QED) is 0.918. The first-order valence-corrected chi connectivity index (χ1v) is 7.11. The highest BCUT2D eigenvalue weighted by molar-refractivity contribution is 5.85. The van der Waals surface area contributed by atoms with Gasteiger partial charge in [-0.3, -0.25) is 9.59 Å². The van der Waals surface area contributed by atoms with Gasteiger partial charge < -0.3 is 10.2 Å². The topological polar surface area (TPSA) is 49.4 Å². The van der Waals surface area contributed by atoms with Crippen LogP contribution >= 0.6 is 0 Å². The van der Waals surface area contributed by atoms with E-state index in [0.29, 0.717) is 12.8 Å². The van der Waals surface area contributed by atoms with E-state index in [4.69, 9.17) is 0 Å². The van der Waals surface area contributed by atoms with Crippen molar-refractivity contribution in [3.8, 4) is 0 Å². The molecular weight excluding hydrogens is 252 g/mol. The van der Waals surface area contributed by atoms with Crippen molar-refractivity contribution in [1.29, 1.82) is 0 Å². The molecule has 1 aromatic rings. The molecule has 0 aromatic heterocycles. The number of rotatable bonds is 3. The lowest BCUT2D eigenvalue weighted by atomic mass is 9.84. The molecule has 108 valence electrons. The van der Waals surface area contributed by atoms with Gasteiger partial charge in [0.25, 0.3) is 0 Å². The van der Waals surface area contributed by atoms with Crippen molar-refractivity contribution in [2.24, 2.45) is 5.92 Å². The first-order valence-electron chi connectivity index (χ1n) is 7.11. The van der Waals surface area contributed by atoms with E-state index in [1.165, 1.54) is 0 Å². The van der Waals surface area contributed by atoms with Gasteiger partial charge in [0.15, 0.2) is 0 Å². The van der Waals surface area contributed by atoms with E-state index < -0.39 is 0 Å². The minimum atomic E-state index is -0.178. The molecule has 0 unspecified atom stereocenters. The molecule has 0 spiro atoms. The zero-order chi connectivity index (χ0) is 14.7. The number of hydrogen-bond donors (Lipinski definition) is 1. The molecule has 20 heavy (non-hydrogen) atoms. The number of amides is 2. The molecule has 1 N–H and O–H groups in total. The van der Waals surface area contributed by atoms with Crippen LogP contribution in [0.4, 0.5) is 0 Å². The number of carbonyl (C=O) groups excluding carboxylic acids is 2. The average molecular weight is 274 g/mol. The molecule has 1 aromatic carbocycles. The van der Waals surface area contributed by atoms with Crippen LogP contribution in [0.25, 0.3) is 0 Å². The summed E-state index contributed by atoms with van der Waals surface area (Å²) in [6, 6.07) is 9.74. The average Bonchev–Trinajstić information content (AvgIpc) is 2.41. The smallest absolute Gasteiger partial charge is 0.225 e. The number of nitrogens with one attached hydrogen (secondary N) is 1. The van der Waals surface area contributed by atoms with Crippen LogP contribution in [0.1, 0.15) is 38.3 Å². The van der Waals surface area contributed by atoms with E-state index in [-0.39, 0.29) is 29.8 Å². The Bertz CT molecular complexity index is 485. The van der Waals surface area contributed by atoms with Crippen molar-refractivity contribution in [3.63, 3.8) is 0 Å². The van der Waals surface area contributed by atoms with Crippen molar-refractivity contribution in [3.05, 3.63) is 35.9 Å². The standard InChI is InChI=1S/C16H22N2O2/c1-11(2)17-16(20)13-9-10-14(19)18(3)15(13)12-7-5-4-6-8-12/h4-8,11,13,15H,9-10H2,1-3H3,(H,17,20)/t13-,15-/m1/s1. The van der Waals surface area contributed by atoms with Gasteiger partial charge >= 0.3 is 0 Å². The molecule has 1 heterocycles. The van der Waals surface area contributed by atoms with Gasteiger partial charge in [-0.15, -0.1) is 0 Å². The SMILES string of the molecule is CC(C)NC(=O)[C@@H]1CCC(=O)N(C)[C@@H]1c1ccccc1. The molecular formula is C16H22N2O2. The largest absolute Gasteiger partial charge is 0.354 e. The maximum atomic E-state index is 12.4. The molecule has 0 radical (unpaired) electrons. The van der Waals surface area contributed by atoms with Crippen molar-refractivity contribution in [1.82, 2.24) is 10.2 Å². The number of hydrogen-bond acceptors (Lipinski definition) is 2. The molecule has 4 heteroatoms. The summed E-state index contributed by atoms with van der Waals surface area (Å²) in [6.45, 7) is 3.90. The van der Waals surface area contributed by atoms with Gasteiger partial charge in [0.2, 0.25) is 11.8 Å². The minimum Gasteiger partial charge on any atom is -0.354 e. The van der Waals surface area contributed by atoms with Gasteiger partial charge in [0.1, 0.15) is 0 Å². The second kappa shape index (κ2) is 6.07. The number of likely N-dealkylation sites (tertiary alicyclic amines) is 1. The zero-order valence-electron chi connectivity index (χ0n) is 12.3. The zero-order valence-corrected chi connectivity index (χ0v) is 12.3. The first-order chi connectivity index (χ1) is 9.50. The Balaban J connectivity index is 2.29. The van der Waals surface area contributed by atoms with Crippen LogP contribution < -0.4 is 5.32 Å². The normalized spacial score (nSPS) is 23.0. The molecule has 1 saturated heterocycles. The summed E-state index contributed by atoms with van der Waals surface area (Å²) in [5.41, 5.74) is 1.02. The van der Waals surface area contributed by atoms with Crippen molar-refractivity contribution in [2.45, 2.75) is 38.8 Å². The monoisotopic (exact) mass is 274 g/mol. The third kappa shape index (κ3) is 3.00. The van der Waals surface area contributed by atoms with Crippen LogP contribution in [0, 0.1) is 5.92 Å². The Labute approximate surface area is 120 Å². The summed E-state index contributed by atoms with van der Waals surface area (Å²) in [5, 5.41) is 2.97. The van der Waals surface area contributed by atoms with Crippen LogP contribution in [0.15, 0.2) is 30.3 Å². The van der Waals surface area contributed by atoms with E-state index in [0.717, 1.165) is 5.56 Å². The second-order valence-electron chi connectivity index (χ2n) is 5.67. The van der Waals surface area contributed by atoms with Crippen LogP contribution in [-0.2, 0) is 9.59 Å². The van der Waals surface area contributed by atoms with Gasteiger partial charge in [-0.2, -0.15) is 0 Å². The highest BCUT2D eigenvalue weighted by Gasteiger charge is 2.38. The molecule has 0 saturated carbocycles. The predicted octanol–water partition coefficient (Wildman–Crippen LogP) is 2.12. The Morgan fingerprint density at radius 2 is 1.95 bits per heavy atom. The van der Waals surface area contributed by atoms with Crippen LogP contribution in [0.5, 0.6) is 0 Å². The lowest BCUT2D eigenvalue weighted by Gasteiger charge is -2.38. The summed E-state index contributed by atoms with van der Waals surface area (Å²) in [6.07, 6.45) is 1.05. The Hall–Kier alpha value is -1.84. The Morgan fingerprint density at radius 1 is 1.30 bits per heavy atom. The highest BCUT2D eigenvalue weighted by atomic mass is 16.2. The number of carbonyl (C=O) groups is 2. The van der Waals surface area contributed by atoms with Gasteiger partial charge in [-0.05, 0) is 25.8 Å². The Kier molecular flexibility index (Phi) is 4.42. The Morgan fingerprint density at radius 3 is 2.55 bits per heavy atom. The maximum absolute atomic E-state index is 12.4. The van der Waals surface area contributed by atoms with Crippen molar-refractivity contribution in [2.75, 3.05) is 7.05 Å². The number of nitrogens with zero attached hydrogens (tertiary/aromatic N) is 1. The summed E-state index contributed by atoms with van der Waals surface area (Å²) in [7, 11) is 1.79. The third-order valence-corrected chi connectivity index (χ3v) is 3.77. The van der Waals surface area contributed by atoms with E-state index in [1.54, 1.807) is 11.9 Å². The van der Waals surface area contributed by atoms with E-state index in [2.05, 4.69) is 5.32 Å². The van der Waals surface area contributed by atoms with Gasteiger partial charge in [-0.25, -0.2) is 0 Å². The van der Waals surface area contributed by atoms with E-state index in [9.17, 15) is 9.59 Å². The second-order valence-corrected chi connectivity index (χ2v) is 5.67. The molecule has 1 fully saturated rings. The first kappa shape index (κ1) is 14.6. The molecule has 2 rings (SSSR count). The fourth-order valence-electron chi connectivity index (χ4n) is 2.81. The van der Waals surface area contributed by atoms with Gasteiger partial charge in [-0.1, -0.05) is 30.3 Å². The molecule has 2 atom stereocenters. The molecule has 0 aliphatic carbocycles. The molecule has 2 amide bonds. The summed E-state index contributed by atoms with van der Waals surface area (Å²) in [4.78, 5) is 26.1. The lowest BCUT2D eigenvalue weighted by molar-refractivity contribution is -0.141. The lowest BCUT2D eigenvalue weighted by Crippen LogP contribution is -2.47. The van der Waals surface area contributed by atoms with Crippen LogP contribution in [0.3, 0.4) is 0 Å². The third-order valence-electron chi connectivity index (χ3n) is 3.77. The fraction of sp³-hybridized carbons (Fsp3) is 0.500. The van der Waals surface area contributed by atoms with Gasteiger partial charge in [0, 0.05) is 19.5 Å². The minimum absolute atomic E-state index is 0.0354. The fourth-order valence-corrected chi connectivity index (χ4v) is 2.81. The molecule has 1 aliphatic rings. The van der Waals surface area contributed by atoms with Crippen molar-refractivity contribution >= 4 is 11.8 Å². The molecule has 1 aliphatic heterocycles. The van der Waals surface area contributed by atoms with Crippen LogP contribution in [0.2, 0.25) is 0 Å². The van der Waals surface area contributed by atoms with E-state index >= 15 is 0 Å². The van der Waals surface area contributed by atoms with Crippen molar-refractivity contribution < 1.29 is 9.59 Å². The molecule has 0 bridgehead atoms. The van der Waals surface area contributed by atoms with Gasteiger partial charge in [0.05, 0.1) is 12.0 Å². The number of piperidine rings is 1. The maximum Gasteiger partial charge on any atom is 0.225 e. The van der Waals surface area contributed by atoms with Crippen LogP contribution in [-0.4, -0.2) is 29.8 Å². The number of benzene rings is 1. The highest BCUT2D eigenvalue weighted by Crippen LogP contribution is 2.35. The summed E-state index contributed by atoms with van der Waals surface area (Å²) >= 11 is 0. The molecule has 4 nitrogen and oxygen atoms in total.